The van der Waals surface area contributed by atoms with Gasteiger partial charge in [-0.05, 0) is 36.4 Å². The Morgan fingerprint density at radius 1 is 1.04 bits per heavy atom. The number of para-hydroxylation sites is 1. The number of methoxy groups -OCH3 is 1. The van der Waals surface area contributed by atoms with Gasteiger partial charge < -0.3 is 9.64 Å². The Morgan fingerprint density at radius 3 is 2.32 bits per heavy atom. The molecule has 0 spiro atoms. The standard InChI is InChI=1S/C20H21BrN2O4S/c1-27-19-5-3-2-4-16(19)6-11-20(24)22-12-14-23(15-13-22)28(25,26)18-9-7-17(21)8-10-18/h2-11H,12-15H2,1H3. The predicted octanol–water partition coefficient (Wildman–Crippen LogP) is 3.00. The number of hydrogen-bond donors (Lipinski definition) is 0. The molecule has 1 amide bonds. The van der Waals surface area contributed by atoms with Gasteiger partial charge in [-0.2, -0.15) is 4.31 Å². The van der Waals surface area contributed by atoms with Crippen LogP contribution in [0.2, 0.25) is 0 Å². The molecular weight excluding hydrogens is 444 g/mol. The monoisotopic (exact) mass is 464 g/mol. The van der Waals surface area contributed by atoms with Gasteiger partial charge in [0.2, 0.25) is 15.9 Å². The minimum Gasteiger partial charge on any atom is -0.496 e. The minimum absolute atomic E-state index is 0.147. The second-order valence-corrected chi connectivity index (χ2v) is 9.11. The molecule has 0 aromatic heterocycles. The zero-order valence-corrected chi connectivity index (χ0v) is 17.8. The van der Waals surface area contributed by atoms with Crippen LogP contribution in [0.4, 0.5) is 0 Å². The number of ether oxygens (including phenoxy) is 1. The van der Waals surface area contributed by atoms with E-state index in [1.165, 1.54) is 10.4 Å². The molecule has 1 aliphatic heterocycles. The average molecular weight is 465 g/mol. The summed E-state index contributed by atoms with van der Waals surface area (Å²) in [6, 6.07) is 14.0. The van der Waals surface area contributed by atoms with Crippen molar-refractivity contribution < 1.29 is 17.9 Å². The summed E-state index contributed by atoms with van der Waals surface area (Å²) >= 11 is 3.31. The number of amides is 1. The largest absolute Gasteiger partial charge is 0.496 e. The first-order valence-corrected chi connectivity index (χ1v) is 11.0. The van der Waals surface area contributed by atoms with Crippen molar-refractivity contribution in [3.05, 3.63) is 64.6 Å². The molecule has 8 heteroatoms. The highest BCUT2D eigenvalue weighted by Crippen LogP contribution is 2.21. The Kier molecular flexibility index (Phi) is 6.53. The molecule has 0 atom stereocenters. The quantitative estimate of drug-likeness (QED) is 0.637. The van der Waals surface area contributed by atoms with Gasteiger partial charge in [-0.15, -0.1) is 0 Å². The maximum atomic E-state index is 12.7. The minimum atomic E-state index is -3.55. The fourth-order valence-electron chi connectivity index (χ4n) is 2.98. The molecule has 28 heavy (non-hydrogen) atoms. The molecule has 0 bridgehead atoms. The zero-order valence-electron chi connectivity index (χ0n) is 15.4. The number of carbonyl (C=O) groups excluding carboxylic acids is 1. The molecule has 3 rings (SSSR count). The van der Waals surface area contributed by atoms with E-state index in [4.69, 9.17) is 4.74 Å². The first-order valence-electron chi connectivity index (χ1n) is 8.77. The Balaban J connectivity index is 1.62. The van der Waals surface area contributed by atoms with E-state index < -0.39 is 10.0 Å². The lowest BCUT2D eigenvalue weighted by molar-refractivity contribution is -0.127. The molecule has 0 radical (unpaired) electrons. The van der Waals surface area contributed by atoms with Crippen molar-refractivity contribution in [3.63, 3.8) is 0 Å². The van der Waals surface area contributed by atoms with Crippen molar-refractivity contribution in [2.75, 3.05) is 33.3 Å². The zero-order chi connectivity index (χ0) is 20.1. The predicted molar refractivity (Wildman–Crippen MR) is 112 cm³/mol. The van der Waals surface area contributed by atoms with Gasteiger partial charge in [0.1, 0.15) is 5.75 Å². The fraction of sp³-hybridized carbons (Fsp3) is 0.250. The van der Waals surface area contributed by atoms with Gasteiger partial charge in [-0.3, -0.25) is 4.79 Å². The molecule has 0 saturated carbocycles. The van der Waals surface area contributed by atoms with Crippen molar-refractivity contribution >= 4 is 37.9 Å². The summed E-state index contributed by atoms with van der Waals surface area (Å²) in [6.45, 7) is 1.25. The lowest BCUT2D eigenvalue weighted by Gasteiger charge is -2.33. The van der Waals surface area contributed by atoms with Crippen molar-refractivity contribution in [3.8, 4) is 5.75 Å². The highest BCUT2D eigenvalue weighted by atomic mass is 79.9. The third-order valence-corrected chi connectivity index (χ3v) is 6.99. The number of benzene rings is 2. The van der Waals surface area contributed by atoms with Gasteiger partial charge in [0.15, 0.2) is 0 Å². The molecule has 1 fully saturated rings. The number of rotatable bonds is 5. The number of hydrogen-bond acceptors (Lipinski definition) is 4. The van der Waals surface area contributed by atoms with Gasteiger partial charge in [0, 0.05) is 42.3 Å². The number of piperazine rings is 1. The summed E-state index contributed by atoms with van der Waals surface area (Å²) in [5.74, 6) is 0.545. The lowest BCUT2D eigenvalue weighted by atomic mass is 10.2. The molecule has 1 saturated heterocycles. The van der Waals surface area contributed by atoms with Gasteiger partial charge in [0.05, 0.1) is 12.0 Å². The molecule has 2 aromatic carbocycles. The number of carbonyl (C=O) groups is 1. The fourth-order valence-corrected chi connectivity index (χ4v) is 4.66. The van der Waals surface area contributed by atoms with E-state index in [9.17, 15) is 13.2 Å². The molecule has 1 heterocycles. The molecule has 0 unspecified atom stereocenters. The van der Waals surface area contributed by atoms with Crippen molar-refractivity contribution in [2.45, 2.75) is 4.90 Å². The summed E-state index contributed by atoms with van der Waals surface area (Å²) in [6.07, 6.45) is 3.21. The highest BCUT2D eigenvalue weighted by Gasteiger charge is 2.29. The van der Waals surface area contributed by atoms with Gasteiger partial charge in [-0.25, -0.2) is 8.42 Å². The second kappa shape index (κ2) is 8.89. The van der Waals surface area contributed by atoms with Gasteiger partial charge in [0.25, 0.3) is 0 Å². The second-order valence-electron chi connectivity index (χ2n) is 6.26. The lowest BCUT2D eigenvalue weighted by Crippen LogP contribution is -2.50. The average Bonchev–Trinajstić information content (AvgIpc) is 2.72. The van der Waals surface area contributed by atoms with Crippen LogP contribution >= 0.6 is 15.9 Å². The van der Waals surface area contributed by atoms with Crippen LogP contribution in [0, 0.1) is 0 Å². The van der Waals surface area contributed by atoms with E-state index in [0.717, 1.165) is 10.0 Å². The van der Waals surface area contributed by atoms with E-state index in [-0.39, 0.29) is 23.9 Å². The number of halogens is 1. The maximum absolute atomic E-state index is 12.7. The van der Waals surface area contributed by atoms with Crippen LogP contribution in [-0.2, 0) is 14.8 Å². The number of sulfonamides is 1. The SMILES string of the molecule is COc1ccccc1C=CC(=O)N1CCN(S(=O)(=O)c2ccc(Br)cc2)CC1. The van der Waals surface area contributed by atoms with Crippen molar-refractivity contribution in [1.29, 1.82) is 0 Å². The molecule has 0 N–H and O–H groups in total. The third-order valence-electron chi connectivity index (χ3n) is 4.55. The molecule has 2 aromatic rings. The first-order chi connectivity index (χ1) is 13.4. The molecular formula is C20H21BrN2O4S. The Hall–Kier alpha value is -2.16. The van der Waals surface area contributed by atoms with E-state index >= 15 is 0 Å². The molecule has 148 valence electrons. The summed E-state index contributed by atoms with van der Waals surface area (Å²) in [4.78, 5) is 14.4. The van der Waals surface area contributed by atoms with Crippen LogP contribution in [0.5, 0.6) is 5.75 Å². The van der Waals surface area contributed by atoms with Crippen molar-refractivity contribution in [2.24, 2.45) is 0 Å². The summed E-state index contributed by atoms with van der Waals surface area (Å²) in [7, 11) is -1.97. The first kappa shape index (κ1) is 20.6. The van der Waals surface area contributed by atoms with E-state index in [0.29, 0.717) is 18.8 Å². The topological polar surface area (TPSA) is 66.9 Å². The van der Waals surface area contributed by atoms with Crippen LogP contribution in [0.25, 0.3) is 6.08 Å². The van der Waals surface area contributed by atoms with Crippen LogP contribution in [-0.4, -0.2) is 56.8 Å². The molecule has 0 aliphatic carbocycles. The summed E-state index contributed by atoms with van der Waals surface area (Å²) < 4.78 is 33.0. The third kappa shape index (κ3) is 4.63. The van der Waals surface area contributed by atoms with Crippen LogP contribution in [0.15, 0.2) is 64.0 Å². The summed E-state index contributed by atoms with van der Waals surface area (Å²) in [5, 5.41) is 0. The van der Waals surface area contributed by atoms with Gasteiger partial charge >= 0.3 is 0 Å². The summed E-state index contributed by atoms with van der Waals surface area (Å²) in [5.41, 5.74) is 0.815. The van der Waals surface area contributed by atoms with Crippen molar-refractivity contribution in [1.82, 2.24) is 9.21 Å². The smallest absolute Gasteiger partial charge is 0.246 e. The Morgan fingerprint density at radius 2 is 1.68 bits per heavy atom. The van der Waals surface area contributed by atoms with Crippen LogP contribution < -0.4 is 4.74 Å². The van der Waals surface area contributed by atoms with Crippen LogP contribution in [0.3, 0.4) is 0 Å². The maximum Gasteiger partial charge on any atom is 0.246 e. The number of nitrogens with zero attached hydrogens (tertiary/aromatic N) is 2. The normalized spacial score (nSPS) is 15.7. The highest BCUT2D eigenvalue weighted by molar-refractivity contribution is 9.10. The molecule has 6 nitrogen and oxygen atoms in total. The van der Waals surface area contributed by atoms with Crippen LogP contribution in [0.1, 0.15) is 5.56 Å². The van der Waals surface area contributed by atoms with Gasteiger partial charge in [-0.1, -0.05) is 34.1 Å². The Labute approximate surface area is 173 Å². The van der Waals surface area contributed by atoms with E-state index in [1.54, 1.807) is 42.4 Å². The Bertz CT molecular complexity index is 966. The van der Waals surface area contributed by atoms with E-state index in [2.05, 4.69) is 15.9 Å². The van der Waals surface area contributed by atoms with E-state index in [1.807, 2.05) is 24.3 Å². The molecule has 1 aliphatic rings.